The fourth-order valence-corrected chi connectivity index (χ4v) is 2.49. The topological polar surface area (TPSA) is 78.9 Å². The van der Waals surface area contributed by atoms with Crippen molar-refractivity contribution in [2.24, 2.45) is 5.92 Å². The van der Waals surface area contributed by atoms with Gasteiger partial charge in [-0.15, -0.1) is 0 Å². The first-order valence-electron chi connectivity index (χ1n) is 10.7. The highest BCUT2D eigenvalue weighted by Gasteiger charge is 2.31. The van der Waals surface area contributed by atoms with E-state index in [9.17, 15) is 14.4 Å². The smallest absolute Gasteiger partial charge is 0.334 e. The molecule has 6 nitrogen and oxygen atoms in total. The highest BCUT2D eigenvalue weighted by Crippen LogP contribution is 2.19. The largest absolute Gasteiger partial charge is 0.466 e. The minimum atomic E-state index is -1.07. The molecule has 0 aromatic carbocycles. The number of ether oxygens (including phenoxy) is 3. The number of unbranched alkanes of at least 4 members (excludes halogenated alkanes) is 6. The normalized spacial score (nSPS) is 11.5. The summed E-state index contributed by atoms with van der Waals surface area (Å²) >= 11 is 0. The molecule has 0 aliphatic carbocycles. The van der Waals surface area contributed by atoms with Gasteiger partial charge in [0.1, 0.15) is 0 Å². The van der Waals surface area contributed by atoms with E-state index >= 15 is 0 Å². The zero-order valence-electron chi connectivity index (χ0n) is 17.9. The van der Waals surface area contributed by atoms with Gasteiger partial charge >= 0.3 is 17.9 Å². The summed E-state index contributed by atoms with van der Waals surface area (Å²) in [6.45, 7) is 10.7. The lowest BCUT2D eigenvalue weighted by Gasteiger charge is -2.17. The van der Waals surface area contributed by atoms with E-state index in [0.29, 0.717) is 6.61 Å². The van der Waals surface area contributed by atoms with Crippen molar-refractivity contribution in [3.63, 3.8) is 0 Å². The monoisotopic (exact) mass is 398 g/mol. The average molecular weight is 399 g/mol. The van der Waals surface area contributed by atoms with Crippen molar-refractivity contribution in [1.29, 1.82) is 0 Å². The van der Waals surface area contributed by atoms with Gasteiger partial charge in [-0.25, -0.2) is 4.79 Å². The summed E-state index contributed by atoms with van der Waals surface area (Å²) in [6.07, 6.45) is 7.89. The first-order chi connectivity index (χ1) is 13.5. The zero-order chi connectivity index (χ0) is 21.2. The Morgan fingerprint density at radius 3 is 1.68 bits per heavy atom. The van der Waals surface area contributed by atoms with Crippen molar-refractivity contribution in [1.82, 2.24) is 0 Å². The lowest BCUT2D eigenvalue weighted by molar-refractivity contribution is -0.155. The van der Waals surface area contributed by atoms with Crippen LogP contribution in [0.5, 0.6) is 0 Å². The van der Waals surface area contributed by atoms with Crippen LogP contribution in [0.3, 0.4) is 0 Å². The van der Waals surface area contributed by atoms with Crippen LogP contribution in [0.2, 0.25) is 0 Å². The quantitative estimate of drug-likeness (QED) is 0.152. The lowest BCUT2D eigenvalue weighted by Crippen LogP contribution is -2.28. The molecular weight excluding hydrogens is 360 g/mol. The minimum Gasteiger partial charge on any atom is -0.466 e. The molecule has 0 heterocycles. The number of carbonyl (C=O) groups is 3. The van der Waals surface area contributed by atoms with Crippen LogP contribution in [-0.2, 0) is 28.6 Å². The molecule has 0 saturated heterocycles. The molecule has 1 unspecified atom stereocenters. The van der Waals surface area contributed by atoms with Crippen LogP contribution in [-0.4, -0.2) is 37.7 Å². The third kappa shape index (κ3) is 12.5. The Bertz CT molecular complexity index is 472. The van der Waals surface area contributed by atoms with Crippen LogP contribution < -0.4 is 0 Å². The molecule has 0 spiro atoms. The van der Waals surface area contributed by atoms with Crippen molar-refractivity contribution in [2.75, 3.05) is 19.8 Å². The predicted octanol–water partition coefficient (Wildman–Crippen LogP) is 4.75. The third-order valence-corrected chi connectivity index (χ3v) is 4.32. The fourth-order valence-electron chi connectivity index (χ4n) is 2.49. The second kappa shape index (κ2) is 17.3. The van der Waals surface area contributed by atoms with Gasteiger partial charge in [-0.2, -0.15) is 0 Å². The summed E-state index contributed by atoms with van der Waals surface area (Å²) in [5.74, 6) is -2.90. The van der Waals surface area contributed by atoms with Gasteiger partial charge in [0.15, 0.2) is 0 Å². The number of esters is 3. The Hall–Kier alpha value is -1.85. The van der Waals surface area contributed by atoms with E-state index in [1.54, 1.807) is 0 Å². The molecule has 0 radical (unpaired) electrons. The van der Waals surface area contributed by atoms with Gasteiger partial charge in [-0.05, 0) is 19.3 Å². The third-order valence-electron chi connectivity index (χ3n) is 4.32. The van der Waals surface area contributed by atoms with Gasteiger partial charge in [0.05, 0.1) is 32.2 Å². The van der Waals surface area contributed by atoms with E-state index in [-0.39, 0.29) is 25.2 Å². The number of carbonyl (C=O) groups excluding carboxylic acids is 3. The molecule has 0 bridgehead atoms. The molecule has 0 fully saturated rings. The van der Waals surface area contributed by atoms with Gasteiger partial charge in [-0.1, -0.05) is 65.9 Å². The van der Waals surface area contributed by atoms with Gasteiger partial charge in [-0.3, -0.25) is 9.59 Å². The summed E-state index contributed by atoms with van der Waals surface area (Å²) in [6, 6.07) is 0. The Kier molecular flexibility index (Phi) is 16.1. The van der Waals surface area contributed by atoms with Crippen LogP contribution in [0.4, 0.5) is 0 Å². The first kappa shape index (κ1) is 26.1. The van der Waals surface area contributed by atoms with E-state index in [1.807, 2.05) is 0 Å². The summed E-state index contributed by atoms with van der Waals surface area (Å²) in [7, 11) is 0. The molecule has 1 atom stereocenters. The lowest BCUT2D eigenvalue weighted by atomic mass is 9.97. The van der Waals surface area contributed by atoms with Gasteiger partial charge in [0.2, 0.25) is 0 Å². The van der Waals surface area contributed by atoms with Crippen LogP contribution >= 0.6 is 0 Å². The van der Waals surface area contributed by atoms with Gasteiger partial charge in [0.25, 0.3) is 0 Å². The van der Waals surface area contributed by atoms with E-state index in [0.717, 1.165) is 57.8 Å². The van der Waals surface area contributed by atoms with Crippen molar-refractivity contribution in [3.8, 4) is 0 Å². The van der Waals surface area contributed by atoms with Crippen LogP contribution in [0, 0.1) is 5.92 Å². The minimum absolute atomic E-state index is 0.0532. The van der Waals surface area contributed by atoms with Crippen LogP contribution in [0.15, 0.2) is 12.2 Å². The summed E-state index contributed by atoms with van der Waals surface area (Å²) < 4.78 is 15.6. The molecular formula is C22H38O6. The van der Waals surface area contributed by atoms with Crippen molar-refractivity contribution < 1.29 is 28.6 Å². The average Bonchev–Trinajstić information content (AvgIpc) is 2.69. The maximum atomic E-state index is 12.4. The van der Waals surface area contributed by atoms with Crippen molar-refractivity contribution in [3.05, 3.63) is 12.2 Å². The van der Waals surface area contributed by atoms with Crippen LogP contribution in [0.1, 0.15) is 85.0 Å². The maximum absolute atomic E-state index is 12.4. The van der Waals surface area contributed by atoms with Gasteiger partial charge in [0, 0.05) is 5.57 Å². The van der Waals surface area contributed by atoms with E-state index < -0.39 is 23.8 Å². The Morgan fingerprint density at radius 2 is 1.18 bits per heavy atom. The standard InChI is InChI=1S/C22H38O6/c1-5-8-11-14-26-20(23)17-19(22(25)28-16-13-10-7-3)18(4)21(24)27-15-12-9-6-2/h19H,4-17H2,1-3H3. The molecule has 28 heavy (non-hydrogen) atoms. The maximum Gasteiger partial charge on any atom is 0.334 e. The SMILES string of the molecule is C=C(C(=O)OCCCCC)C(CC(=O)OCCCCC)C(=O)OCCCCC. The van der Waals surface area contributed by atoms with Crippen molar-refractivity contribution in [2.45, 2.75) is 85.0 Å². The summed E-state index contributed by atoms with van der Waals surface area (Å²) in [5, 5.41) is 0. The molecule has 0 amide bonds. The number of hydrogen-bond donors (Lipinski definition) is 0. The van der Waals surface area contributed by atoms with E-state index in [2.05, 4.69) is 27.4 Å². The molecule has 6 heteroatoms. The predicted molar refractivity (Wildman–Crippen MR) is 109 cm³/mol. The molecule has 0 saturated carbocycles. The molecule has 0 rings (SSSR count). The van der Waals surface area contributed by atoms with Gasteiger partial charge < -0.3 is 14.2 Å². The highest BCUT2D eigenvalue weighted by atomic mass is 16.5. The molecule has 0 aromatic heterocycles. The van der Waals surface area contributed by atoms with Crippen molar-refractivity contribution >= 4 is 17.9 Å². The molecule has 0 aliphatic heterocycles. The second-order valence-corrected chi connectivity index (χ2v) is 6.93. The molecule has 0 aliphatic rings. The van der Waals surface area contributed by atoms with Crippen LogP contribution in [0.25, 0.3) is 0 Å². The fraction of sp³-hybridized carbons (Fsp3) is 0.773. The number of hydrogen-bond acceptors (Lipinski definition) is 6. The Labute approximate surface area is 170 Å². The molecule has 0 N–H and O–H groups in total. The first-order valence-corrected chi connectivity index (χ1v) is 10.7. The second-order valence-electron chi connectivity index (χ2n) is 6.93. The summed E-state index contributed by atoms with van der Waals surface area (Å²) in [4.78, 5) is 36.8. The number of rotatable bonds is 17. The molecule has 162 valence electrons. The Balaban J connectivity index is 4.76. The highest BCUT2D eigenvalue weighted by molar-refractivity contribution is 5.96. The zero-order valence-corrected chi connectivity index (χ0v) is 17.9. The Morgan fingerprint density at radius 1 is 0.714 bits per heavy atom. The van der Waals surface area contributed by atoms with E-state index in [1.165, 1.54) is 0 Å². The molecule has 0 aromatic rings. The summed E-state index contributed by atoms with van der Waals surface area (Å²) in [5.41, 5.74) is -0.0532. The van der Waals surface area contributed by atoms with E-state index in [4.69, 9.17) is 14.2 Å².